The van der Waals surface area contributed by atoms with Crippen molar-refractivity contribution in [1.82, 2.24) is 4.98 Å². The van der Waals surface area contributed by atoms with E-state index < -0.39 is 5.97 Å². The number of rotatable bonds is 10. The maximum absolute atomic E-state index is 10.9. The predicted octanol–water partition coefficient (Wildman–Crippen LogP) is 7.99. The van der Waals surface area contributed by atoms with Gasteiger partial charge in [0.25, 0.3) is 0 Å². The summed E-state index contributed by atoms with van der Waals surface area (Å²) >= 11 is 8.55. The van der Waals surface area contributed by atoms with Gasteiger partial charge in [-0.15, -0.1) is 0 Å². The van der Waals surface area contributed by atoms with Crippen LogP contribution in [0.2, 0.25) is 5.02 Å². The van der Waals surface area contributed by atoms with Crippen LogP contribution in [0.5, 0.6) is 5.75 Å². The first kappa shape index (κ1) is 26.1. The van der Waals surface area contributed by atoms with Gasteiger partial charge in [-0.2, -0.15) is 11.8 Å². The molecule has 0 bridgehead atoms. The third-order valence-electron chi connectivity index (χ3n) is 6.24. The Kier molecular flexibility index (Phi) is 8.55. The highest BCUT2D eigenvalue weighted by atomic mass is 35.5. The van der Waals surface area contributed by atoms with E-state index in [4.69, 9.17) is 26.4 Å². The molecule has 3 aromatic carbocycles. The molecule has 0 saturated heterocycles. The van der Waals surface area contributed by atoms with E-state index in [1.54, 1.807) is 0 Å². The van der Waals surface area contributed by atoms with Crippen LogP contribution in [0.25, 0.3) is 33.3 Å². The number of aryl methyl sites for hydroxylation is 2. The number of aliphatic carboxylic acids is 1. The van der Waals surface area contributed by atoms with Crippen molar-refractivity contribution in [3.05, 3.63) is 82.4 Å². The smallest absolute Gasteiger partial charge is 0.303 e. The minimum Gasteiger partial charge on any atom is -0.492 e. The van der Waals surface area contributed by atoms with Gasteiger partial charge in [-0.3, -0.25) is 4.79 Å². The molecule has 0 aliphatic heterocycles. The molecule has 1 heterocycles. The quantitative estimate of drug-likeness (QED) is 0.215. The molecule has 0 aliphatic rings. The highest BCUT2D eigenvalue weighted by molar-refractivity contribution is 7.98. The minimum atomic E-state index is -0.788. The summed E-state index contributed by atoms with van der Waals surface area (Å²) in [7, 11) is 0. The SMILES string of the molecule is CSCCCOc1cc(C)c(-c2cccc(-c3ccc4cc(CCC(=O)O)ccc4n3)c2)c(C)c1Cl. The molecule has 0 aliphatic carbocycles. The van der Waals surface area contributed by atoms with Crippen LogP contribution in [0.4, 0.5) is 0 Å². The summed E-state index contributed by atoms with van der Waals surface area (Å²) in [4.78, 5) is 15.8. The molecule has 0 saturated carbocycles. The highest BCUT2D eigenvalue weighted by Crippen LogP contribution is 2.39. The molecular formula is C30H30ClNO3S. The summed E-state index contributed by atoms with van der Waals surface area (Å²) in [5.41, 5.74) is 8.13. The van der Waals surface area contributed by atoms with Gasteiger partial charge in [-0.05, 0) is 96.8 Å². The molecule has 0 spiro atoms. The second kappa shape index (κ2) is 11.8. The number of hydrogen-bond acceptors (Lipinski definition) is 4. The largest absolute Gasteiger partial charge is 0.492 e. The van der Waals surface area contributed by atoms with E-state index in [0.29, 0.717) is 18.1 Å². The molecule has 4 aromatic rings. The van der Waals surface area contributed by atoms with E-state index >= 15 is 0 Å². The second-order valence-corrected chi connectivity index (χ2v) is 10.3. The fraction of sp³-hybridized carbons (Fsp3) is 0.267. The fourth-order valence-electron chi connectivity index (χ4n) is 4.43. The lowest BCUT2D eigenvalue weighted by atomic mass is 9.93. The molecule has 0 amide bonds. The number of halogens is 1. The van der Waals surface area contributed by atoms with Gasteiger partial charge in [-0.1, -0.05) is 41.9 Å². The number of benzene rings is 3. The number of nitrogens with zero attached hydrogens (tertiary/aromatic N) is 1. The number of carboxylic acids is 1. The molecular weight excluding hydrogens is 490 g/mol. The Morgan fingerprint density at radius 1 is 1.06 bits per heavy atom. The number of thioether (sulfide) groups is 1. The van der Waals surface area contributed by atoms with Crippen LogP contribution >= 0.6 is 23.4 Å². The van der Waals surface area contributed by atoms with Gasteiger partial charge in [0.15, 0.2) is 0 Å². The topological polar surface area (TPSA) is 59.4 Å². The molecule has 6 heteroatoms. The van der Waals surface area contributed by atoms with Crippen LogP contribution in [0.3, 0.4) is 0 Å². The Bertz CT molecular complexity index is 1400. The van der Waals surface area contributed by atoms with E-state index in [-0.39, 0.29) is 6.42 Å². The summed E-state index contributed by atoms with van der Waals surface area (Å²) in [6.07, 6.45) is 3.72. The Labute approximate surface area is 221 Å². The standard InChI is InChI=1S/C30H30ClNO3S/c1-19-16-27(35-14-5-15-36-3)30(31)20(2)29(19)24-7-4-6-22(18-24)26-12-10-23-17-21(9-13-28(33)34)8-11-25(23)32-26/h4,6-8,10-12,16-18H,5,9,13-15H2,1-3H3,(H,33,34). The molecule has 0 fully saturated rings. The van der Waals surface area contributed by atoms with Crippen molar-refractivity contribution in [3.8, 4) is 28.1 Å². The van der Waals surface area contributed by atoms with Gasteiger partial charge in [-0.25, -0.2) is 4.98 Å². The number of hydrogen-bond donors (Lipinski definition) is 1. The van der Waals surface area contributed by atoms with Gasteiger partial charge < -0.3 is 9.84 Å². The number of ether oxygens (including phenoxy) is 1. The van der Waals surface area contributed by atoms with Crippen molar-refractivity contribution >= 4 is 40.2 Å². The maximum Gasteiger partial charge on any atom is 0.303 e. The Hall–Kier alpha value is -3.02. The van der Waals surface area contributed by atoms with Crippen LogP contribution in [0.1, 0.15) is 29.5 Å². The maximum atomic E-state index is 10.9. The number of aromatic nitrogens is 1. The van der Waals surface area contributed by atoms with E-state index in [2.05, 4.69) is 31.4 Å². The summed E-state index contributed by atoms with van der Waals surface area (Å²) in [5.74, 6) is 1.02. The van der Waals surface area contributed by atoms with Gasteiger partial charge in [0.1, 0.15) is 5.75 Å². The number of pyridine rings is 1. The monoisotopic (exact) mass is 519 g/mol. The zero-order valence-electron chi connectivity index (χ0n) is 20.8. The van der Waals surface area contributed by atoms with E-state index in [1.165, 1.54) is 0 Å². The molecule has 0 radical (unpaired) electrons. The predicted molar refractivity (Wildman–Crippen MR) is 152 cm³/mol. The third kappa shape index (κ3) is 6.03. The number of carbonyl (C=O) groups is 1. The lowest BCUT2D eigenvalue weighted by Crippen LogP contribution is -2.01. The van der Waals surface area contributed by atoms with Crippen LogP contribution in [0.15, 0.2) is 60.7 Å². The summed E-state index contributed by atoms with van der Waals surface area (Å²) in [6, 6.07) is 20.4. The summed E-state index contributed by atoms with van der Waals surface area (Å²) in [6.45, 7) is 4.79. The molecule has 0 unspecified atom stereocenters. The molecule has 4 nitrogen and oxygen atoms in total. The normalized spacial score (nSPS) is 11.1. The van der Waals surface area contributed by atoms with Gasteiger partial charge in [0.05, 0.1) is 22.8 Å². The first-order chi connectivity index (χ1) is 17.4. The van der Waals surface area contributed by atoms with Crippen molar-refractivity contribution in [3.63, 3.8) is 0 Å². The average Bonchev–Trinajstić information content (AvgIpc) is 2.88. The molecule has 1 N–H and O–H groups in total. The van der Waals surface area contributed by atoms with Crippen LogP contribution in [0, 0.1) is 13.8 Å². The van der Waals surface area contributed by atoms with Crippen molar-refractivity contribution in [2.75, 3.05) is 18.6 Å². The van der Waals surface area contributed by atoms with Gasteiger partial charge >= 0.3 is 5.97 Å². The molecule has 1 aromatic heterocycles. The molecule has 186 valence electrons. The third-order valence-corrected chi connectivity index (χ3v) is 7.41. The molecule has 4 rings (SSSR count). The van der Waals surface area contributed by atoms with Crippen LogP contribution in [-0.4, -0.2) is 34.7 Å². The first-order valence-corrected chi connectivity index (χ1v) is 13.8. The van der Waals surface area contributed by atoms with Crippen molar-refractivity contribution in [1.29, 1.82) is 0 Å². The van der Waals surface area contributed by atoms with Gasteiger partial charge in [0.2, 0.25) is 0 Å². The van der Waals surface area contributed by atoms with Gasteiger partial charge in [0, 0.05) is 17.4 Å². The summed E-state index contributed by atoms with van der Waals surface area (Å²) in [5, 5.41) is 10.6. The average molecular weight is 520 g/mol. The minimum absolute atomic E-state index is 0.123. The van der Waals surface area contributed by atoms with Crippen LogP contribution in [-0.2, 0) is 11.2 Å². The number of carboxylic acid groups (broad SMARTS) is 1. The van der Waals surface area contributed by atoms with E-state index in [0.717, 1.165) is 67.9 Å². The van der Waals surface area contributed by atoms with Crippen LogP contribution < -0.4 is 4.74 Å². The Balaban J connectivity index is 1.62. The number of fused-ring (bicyclic) bond motifs is 1. The molecule has 0 atom stereocenters. The van der Waals surface area contributed by atoms with Crippen molar-refractivity contribution < 1.29 is 14.6 Å². The fourth-order valence-corrected chi connectivity index (χ4v) is 5.04. The van der Waals surface area contributed by atoms with Crippen molar-refractivity contribution in [2.45, 2.75) is 33.1 Å². The Morgan fingerprint density at radius 2 is 1.86 bits per heavy atom. The zero-order chi connectivity index (χ0) is 25.7. The first-order valence-electron chi connectivity index (χ1n) is 12.0. The highest BCUT2D eigenvalue weighted by Gasteiger charge is 2.15. The lowest BCUT2D eigenvalue weighted by Gasteiger charge is -2.17. The summed E-state index contributed by atoms with van der Waals surface area (Å²) < 4.78 is 5.98. The van der Waals surface area contributed by atoms with E-state index in [9.17, 15) is 4.79 Å². The Morgan fingerprint density at radius 3 is 2.64 bits per heavy atom. The lowest BCUT2D eigenvalue weighted by molar-refractivity contribution is -0.136. The zero-order valence-corrected chi connectivity index (χ0v) is 22.4. The second-order valence-electron chi connectivity index (χ2n) is 8.90. The molecule has 36 heavy (non-hydrogen) atoms. The van der Waals surface area contributed by atoms with Crippen molar-refractivity contribution in [2.24, 2.45) is 0 Å². The van der Waals surface area contributed by atoms with E-state index in [1.807, 2.05) is 61.2 Å².